The summed E-state index contributed by atoms with van der Waals surface area (Å²) in [7, 11) is -0.273. The van der Waals surface area contributed by atoms with Gasteiger partial charge in [0.2, 0.25) is 5.91 Å². The van der Waals surface area contributed by atoms with Crippen LogP contribution in [-0.2, 0) is 27.9 Å². The van der Waals surface area contributed by atoms with Crippen molar-refractivity contribution in [3.8, 4) is 5.75 Å². The van der Waals surface area contributed by atoms with E-state index in [4.69, 9.17) is 4.18 Å². The topological polar surface area (TPSA) is 66.9 Å². The van der Waals surface area contributed by atoms with Crippen molar-refractivity contribution in [1.82, 2.24) is 9.80 Å². The van der Waals surface area contributed by atoms with Crippen LogP contribution in [0.15, 0.2) is 77.7 Å². The highest BCUT2D eigenvalue weighted by Gasteiger charge is 2.18. The summed E-state index contributed by atoms with van der Waals surface area (Å²) in [6.07, 6.45) is 0.144. The number of rotatable bonds is 10. The minimum absolute atomic E-state index is 0.102. The van der Waals surface area contributed by atoms with Gasteiger partial charge >= 0.3 is 10.1 Å². The first-order chi connectivity index (χ1) is 16.1. The van der Waals surface area contributed by atoms with E-state index in [-0.39, 0.29) is 28.8 Å². The Balaban J connectivity index is 1.69. The average Bonchev–Trinajstić information content (AvgIpc) is 2.79. The number of likely N-dealkylation sites (N-methyl/N-ethyl adjacent to an activating group) is 1. The molecule has 6 nitrogen and oxygen atoms in total. The van der Waals surface area contributed by atoms with E-state index in [1.807, 2.05) is 19.0 Å². The molecule has 0 N–H and O–H groups in total. The fraction of sp³-hybridized carbons (Fsp3) is 0.240. The molecule has 0 radical (unpaired) electrons. The van der Waals surface area contributed by atoms with Crippen molar-refractivity contribution < 1.29 is 26.2 Å². The molecule has 0 aliphatic heterocycles. The highest BCUT2D eigenvalue weighted by molar-refractivity contribution is 7.87. The highest BCUT2D eigenvalue weighted by atomic mass is 32.2. The highest BCUT2D eigenvalue weighted by Crippen LogP contribution is 2.20. The summed E-state index contributed by atoms with van der Waals surface area (Å²) in [6.45, 7) is 1.47. The first kappa shape index (κ1) is 25.3. The molecule has 0 aliphatic rings. The van der Waals surface area contributed by atoms with Crippen LogP contribution in [0.5, 0.6) is 5.75 Å². The molecule has 0 atom stereocenters. The molecule has 0 unspecified atom stereocenters. The second-order valence-electron chi connectivity index (χ2n) is 8.06. The van der Waals surface area contributed by atoms with Gasteiger partial charge in [-0.05, 0) is 73.8 Å². The average molecular weight is 489 g/mol. The second-order valence-corrected chi connectivity index (χ2v) is 9.60. The maximum absolute atomic E-state index is 13.2. The maximum Gasteiger partial charge on any atom is 0.339 e. The zero-order valence-electron chi connectivity index (χ0n) is 18.9. The zero-order valence-corrected chi connectivity index (χ0v) is 19.8. The van der Waals surface area contributed by atoms with E-state index in [9.17, 15) is 22.0 Å². The SMILES string of the molecule is CN(C)CCN(Cc1ccc(OS(=O)(=O)c2ccc(F)cc2)cc1)C(=O)Cc1ccc(F)cc1. The molecule has 180 valence electrons. The summed E-state index contributed by atoms with van der Waals surface area (Å²) in [5.74, 6) is -0.904. The number of carbonyl (C=O) groups excluding carboxylic acids is 1. The normalized spacial score (nSPS) is 11.4. The predicted molar refractivity (Wildman–Crippen MR) is 125 cm³/mol. The van der Waals surface area contributed by atoms with Gasteiger partial charge < -0.3 is 14.0 Å². The van der Waals surface area contributed by atoms with E-state index in [0.717, 1.165) is 35.4 Å². The number of hydrogen-bond acceptors (Lipinski definition) is 5. The molecule has 0 bridgehead atoms. The summed E-state index contributed by atoms with van der Waals surface area (Å²) in [5, 5.41) is 0. The number of hydrogen-bond donors (Lipinski definition) is 0. The lowest BCUT2D eigenvalue weighted by atomic mass is 10.1. The summed E-state index contributed by atoms with van der Waals surface area (Å²) in [6, 6.07) is 16.6. The Morgan fingerprint density at radius 1 is 0.794 bits per heavy atom. The van der Waals surface area contributed by atoms with Crippen molar-refractivity contribution in [3.05, 3.63) is 95.6 Å². The molecule has 9 heteroatoms. The molecule has 3 rings (SSSR count). The molecular weight excluding hydrogens is 462 g/mol. The molecule has 0 fully saturated rings. The van der Waals surface area contributed by atoms with Gasteiger partial charge in [0.1, 0.15) is 22.3 Å². The van der Waals surface area contributed by atoms with Gasteiger partial charge in [-0.15, -0.1) is 0 Å². The van der Waals surface area contributed by atoms with E-state index in [1.165, 1.54) is 24.3 Å². The Hall–Kier alpha value is -3.30. The number of halogens is 2. The summed E-state index contributed by atoms with van der Waals surface area (Å²) in [5.41, 5.74) is 1.51. The fourth-order valence-corrected chi connectivity index (χ4v) is 4.08. The Morgan fingerprint density at radius 2 is 1.32 bits per heavy atom. The molecule has 0 saturated carbocycles. The van der Waals surface area contributed by atoms with Crippen molar-refractivity contribution in [2.24, 2.45) is 0 Å². The molecular formula is C25H26F2N2O4S. The molecule has 0 saturated heterocycles. The monoisotopic (exact) mass is 488 g/mol. The standard InChI is InChI=1S/C25H26F2N2O4S/c1-28(2)15-16-29(25(30)17-19-3-7-21(26)8-4-19)18-20-5-11-23(12-6-20)33-34(31,32)24-13-9-22(27)10-14-24/h3-14H,15-18H2,1-2H3. The third-order valence-electron chi connectivity index (χ3n) is 5.04. The summed E-state index contributed by atoms with van der Waals surface area (Å²) >= 11 is 0. The van der Waals surface area contributed by atoms with Crippen molar-refractivity contribution in [2.75, 3.05) is 27.2 Å². The number of amides is 1. The smallest absolute Gasteiger partial charge is 0.339 e. The molecule has 0 aliphatic carbocycles. The van der Waals surface area contributed by atoms with Crippen molar-refractivity contribution in [1.29, 1.82) is 0 Å². The molecule has 3 aromatic rings. The summed E-state index contributed by atoms with van der Waals surface area (Å²) in [4.78, 5) is 16.4. The molecule has 1 amide bonds. The lowest BCUT2D eigenvalue weighted by Gasteiger charge is -2.25. The van der Waals surface area contributed by atoms with E-state index < -0.39 is 15.9 Å². The van der Waals surface area contributed by atoms with Crippen LogP contribution in [-0.4, -0.2) is 51.3 Å². The fourth-order valence-electron chi connectivity index (χ4n) is 3.15. The molecule has 0 aromatic heterocycles. The van der Waals surface area contributed by atoms with Gasteiger partial charge in [-0.2, -0.15) is 8.42 Å². The minimum Gasteiger partial charge on any atom is -0.379 e. The van der Waals surface area contributed by atoms with Gasteiger partial charge in [0, 0.05) is 19.6 Å². The van der Waals surface area contributed by atoms with E-state index >= 15 is 0 Å². The third kappa shape index (κ3) is 7.36. The van der Waals surface area contributed by atoms with Crippen LogP contribution in [0.25, 0.3) is 0 Å². The van der Waals surface area contributed by atoms with E-state index in [2.05, 4.69) is 0 Å². The molecule has 0 heterocycles. The maximum atomic E-state index is 13.2. The molecule has 34 heavy (non-hydrogen) atoms. The van der Waals surface area contributed by atoms with Crippen LogP contribution in [0.3, 0.4) is 0 Å². The van der Waals surface area contributed by atoms with Gasteiger partial charge in [0.15, 0.2) is 0 Å². The van der Waals surface area contributed by atoms with E-state index in [1.54, 1.807) is 29.2 Å². The molecule has 3 aromatic carbocycles. The largest absolute Gasteiger partial charge is 0.379 e. The number of nitrogens with zero attached hydrogens (tertiary/aromatic N) is 2. The zero-order chi connectivity index (χ0) is 24.7. The Kier molecular flexibility index (Phi) is 8.36. The third-order valence-corrected chi connectivity index (χ3v) is 6.30. The van der Waals surface area contributed by atoms with Gasteiger partial charge in [-0.1, -0.05) is 24.3 Å². The summed E-state index contributed by atoms with van der Waals surface area (Å²) < 4.78 is 56.1. The van der Waals surface area contributed by atoms with Gasteiger partial charge in [-0.3, -0.25) is 4.79 Å². The van der Waals surface area contributed by atoms with Crippen LogP contribution in [0.4, 0.5) is 8.78 Å². The quantitative estimate of drug-likeness (QED) is 0.406. The van der Waals surface area contributed by atoms with Crippen LogP contribution < -0.4 is 4.18 Å². The van der Waals surface area contributed by atoms with Crippen LogP contribution in [0.2, 0.25) is 0 Å². The Bertz CT molecular complexity index is 1200. The first-order valence-corrected chi connectivity index (χ1v) is 12.0. The Labute approximate surface area is 198 Å². The molecule has 0 spiro atoms. The second kappa shape index (κ2) is 11.2. The number of benzene rings is 3. The lowest BCUT2D eigenvalue weighted by Crippen LogP contribution is -2.37. The lowest BCUT2D eigenvalue weighted by molar-refractivity contribution is -0.131. The van der Waals surface area contributed by atoms with Crippen LogP contribution in [0.1, 0.15) is 11.1 Å². The van der Waals surface area contributed by atoms with E-state index in [0.29, 0.717) is 19.6 Å². The Morgan fingerprint density at radius 3 is 1.88 bits per heavy atom. The first-order valence-electron chi connectivity index (χ1n) is 10.6. The van der Waals surface area contributed by atoms with Gasteiger partial charge in [-0.25, -0.2) is 8.78 Å². The number of carbonyl (C=O) groups is 1. The minimum atomic E-state index is -4.10. The van der Waals surface area contributed by atoms with Crippen molar-refractivity contribution in [3.63, 3.8) is 0 Å². The predicted octanol–water partition coefficient (Wildman–Crippen LogP) is 3.87. The van der Waals surface area contributed by atoms with Gasteiger partial charge in [0.25, 0.3) is 0 Å². The van der Waals surface area contributed by atoms with Gasteiger partial charge in [0.05, 0.1) is 6.42 Å². The van der Waals surface area contributed by atoms with Crippen LogP contribution >= 0.6 is 0 Å². The van der Waals surface area contributed by atoms with Crippen LogP contribution in [0, 0.1) is 11.6 Å². The van der Waals surface area contributed by atoms with Crippen molar-refractivity contribution >= 4 is 16.0 Å². The van der Waals surface area contributed by atoms with Crippen molar-refractivity contribution in [2.45, 2.75) is 17.9 Å².